The normalized spacial score (nSPS) is 24.7. The van der Waals surface area contributed by atoms with Crippen LogP contribution in [-0.2, 0) is 25.8 Å². The predicted molar refractivity (Wildman–Crippen MR) is 159 cm³/mol. The first-order valence-electron chi connectivity index (χ1n) is 14.5. The Labute approximate surface area is 248 Å². The predicted octanol–water partition coefficient (Wildman–Crippen LogP) is 5.61. The molecule has 1 N–H and O–H groups in total. The van der Waals surface area contributed by atoms with E-state index >= 15 is 0 Å². The SMILES string of the molecule is CC1=CC(=O)C2=C(CC3C(=CCC4C(=O)N(c5ccccc5)C(=O)C43)C2c2ccc(OCc3ccccc3)cc2O)C1=O. The van der Waals surface area contributed by atoms with Gasteiger partial charge in [0.1, 0.15) is 18.1 Å². The molecule has 7 rings (SSSR count). The number of amides is 2. The van der Waals surface area contributed by atoms with Gasteiger partial charge in [0.15, 0.2) is 11.6 Å². The Morgan fingerprint density at radius 2 is 1.60 bits per heavy atom. The van der Waals surface area contributed by atoms with Gasteiger partial charge >= 0.3 is 0 Å². The van der Waals surface area contributed by atoms with Crippen molar-refractivity contribution >= 4 is 29.1 Å². The average molecular weight is 572 g/mol. The van der Waals surface area contributed by atoms with E-state index in [4.69, 9.17) is 4.74 Å². The Hall–Kier alpha value is -5.04. The highest BCUT2D eigenvalue weighted by Crippen LogP contribution is 2.56. The second-order valence-corrected chi connectivity index (χ2v) is 11.6. The van der Waals surface area contributed by atoms with E-state index in [1.807, 2.05) is 42.5 Å². The van der Waals surface area contributed by atoms with Crippen molar-refractivity contribution in [3.05, 3.63) is 124 Å². The molecule has 4 unspecified atom stereocenters. The third-order valence-electron chi connectivity index (χ3n) is 9.14. The van der Waals surface area contributed by atoms with Gasteiger partial charge in [-0.25, -0.2) is 0 Å². The number of imide groups is 1. The zero-order chi connectivity index (χ0) is 29.8. The summed E-state index contributed by atoms with van der Waals surface area (Å²) in [6, 6.07) is 23.5. The highest BCUT2D eigenvalue weighted by Gasteiger charge is 2.56. The van der Waals surface area contributed by atoms with Crippen LogP contribution in [0, 0.1) is 17.8 Å². The number of allylic oxidation sites excluding steroid dienone is 6. The molecule has 3 aliphatic carbocycles. The van der Waals surface area contributed by atoms with E-state index in [0.29, 0.717) is 46.7 Å². The van der Waals surface area contributed by atoms with Gasteiger partial charge in [0, 0.05) is 34.3 Å². The lowest BCUT2D eigenvalue weighted by Crippen LogP contribution is -2.39. The van der Waals surface area contributed by atoms with Crippen molar-refractivity contribution in [3.63, 3.8) is 0 Å². The van der Waals surface area contributed by atoms with Gasteiger partial charge < -0.3 is 9.84 Å². The lowest BCUT2D eigenvalue weighted by molar-refractivity contribution is -0.123. The summed E-state index contributed by atoms with van der Waals surface area (Å²) >= 11 is 0. The third-order valence-corrected chi connectivity index (χ3v) is 9.14. The molecular weight excluding hydrogens is 542 g/mol. The second-order valence-electron chi connectivity index (χ2n) is 11.6. The summed E-state index contributed by atoms with van der Waals surface area (Å²) in [6.07, 6.45) is 3.83. The maximum Gasteiger partial charge on any atom is 0.238 e. The Bertz CT molecular complexity index is 1780. The molecule has 3 aromatic carbocycles. The molecule has 2 amide bonds. The zero-order valence-electron chi connectivity index (χ0n) is 23.5. The van der Waals surface area contributed by atoms with Gasteiger partial charge in [-0.05, 0) is 55.5 Å². The molecule has 7 heteroatoms. The summed E-state index contributed by atoms with van der Waals surface area (Å²) in [5.74, 6) is -3.10. The molecule has 0 spiro atoms. The number of benzene rings is 3. The van der Waals surface area contributed by atoms with Gasteiger partial charge in [-0.2, -0.15) is 0 Å². The van der Waals surface area contributed by atoms with Crippen molar-refractivity contribution < 1.29 is 29.0 Å². The van der Waals surface area contributed by atoms with E-state index in [1.165, 1.54) is 17.0 Å². The third kappa shape index (κ3) is 4.35. The van der Waals surface area contributed by atoms with Crippen LogP contribution in [0.2, 0.25) is 0 Å². The van der Waals surface area contributed by atoms with Gasteiger partial charge in [-0.3, -0.25) is 24.1 Å². The van der Waals surface area contributed by atoms with Crippen molar-refractivity contribution in [3.8, 4) is 11.5 Å². The number of phenolic OH excluding ortho intramolecular Hbond substituents is 1. The number of fused-ring (bicyclic) bond motifs is 3. The number of para-hydroxylation sites is 1. The Kier molecular flexibility index (Phi) is 6.46. The first-order chi connectivity index (χ1) is 20.8. The molecule has 0 aromatic heterocycles. The topological polar surface area (TPSA) is 101 Å². The Balaban J connectivity index is 1.29. The fourth-order valence-electron chi connectivity index (χ4n) is 7.17. The molecule has 1 aliphatic heterocycles. The van der Waals surface area contributed by atoms with Crippen molar-refractivity contribution in [2.24, 2.45) is 17.8 Å². The molecule has 1 fully saturated rings. The van der Waals surface area contributed by atoms with Crippen LogP contribution in [0.1, 0.15) is 36.8 Å². The van der Waals surface area contributed by atoms with E-state index in [0.717, 1.165) is 11.1 Å². The minimum atomic E-state index is -0.729. The van der Waals surface area contributed by atoms with Gasteiger partial charge in [0.2, 0.25) is 11.8 Å². The highest BCUT2D eigenvalue weighted by atomic mass is 16.5. The van der Waals surface area contributed by atoms with E-state index in [9.17, 15) is 24.3 Å². The number of nitrogens with zero attached hydrogens (tertiary/aromatic N) is 1. The first kappa shape index (κ1) is 26.8. The van der Waals surface area contributed by atoms with Crippen molar-refractivity contribution in [2.45, 2.75) is 32.3 Å². The summed E-state index contributed by atoms with van der Waals surface area (Å²) in [7, 11) is 0. The summed E-state index contributed by atoms with van der Waals surface area (Å²) in [4.78, 5) is 55.8. The average Bonchev–Trinajstić information content (AvgIpc) is 3.28. The molecule has 4 aliphatic rings. The van der Waals surface area contributed by atoms with Crippen LogP contribution in [0.25, 0.3) is 0 Å². The summed E-state index contributed by atoms with van der Waals surface area (Å²) in [6.45, 7) is 1.94. The fraction of sp³-hybridized carbons (Fsp3) is 0.222. The maximum atomic E-state index is 14.0. The molecule has 1 heterocycles. The van der Waals surface area contributed by atoms with Crippen LogP contribution in [0.4, 0.5) is 5.69 Å². The van der Waals surface area contributed by atoms with Crippen LogP contribution >= 0.6 is 0 Å². The molecule has 43 heavy (non-hydrogen) atoms. The minimum Gasteiger partial charge on any atom is -0.507 e. The zero-order valence-corrected chi connectivity index (χ0v) is 23.5. The van der Waals surface area contributed by atoms with Crippen LogP contribution in [0.15, 0.2) is 113 Å². The van der Waals surface area contributed by atoms with Crippen LogP contribution < -0.4 is 9.64 Å². The van der Waals surface area contributed by atoms with E-state index in [1.54, 1.807) is 43.3 Å². The number of hydrogen-bond donors (Lipinski definition) is 1. The van der Waals surface area contributed by atoms with Crippen LogP contribution in [-0.4, -0.2) is 28.5 Å². The molecule has 0 bridgehead atoms. The number of carbonyl (C=O) groups excluding carboxylic acids is 4. The van der Waals surface area contributed by atoms with Gasteiger partial charge in [0.25, 0.3) is 0 Å². The lowest BCUT2D eigenvalue weighted by atomic mass is 9.59. The van der Waals surface area contributed by atoms with E-state index in [-0.39, 0.29) is 35.6 Å². The number of phenols is 1. The smallest absolute Gasteiger partial charge is 0.238 e. The molecule has 214 valence electrons. The lowest BCUT2D eigenvalue weighted by Gasteiger charge is -2.42. The summed E-state index contributed by atoms with van der Waals surface area (Å²) in [5.41, 5.74) is 3.79. The second kappa shape index (κ2) is 10.3. The largest absolute Gasteiger partial charge is 0.507 e. The summed E-state index contributed by atoms with van der Waals surface area (Å²) in [5, 5.41) is 11.3. The molecular formula is C36H29NO6. The van der Waals surface area contributed by atoms with Crippen molar-refractivity contribution in [2.75, 3.05) is 4.90 Å². The van der Waals surface area contributed by atoms with E-state index in [2.05, 4.69) is 0 Å². The number of hydrogen-bond acceptors (Lipinski definition) is 6. The Morgan fingerprint density at radius 1 is 0.884 bits per heavy atom. The van der Waals surface area contributed by atoms with Crippen molar-refractivity contribution in [1.82, 2.24) is 0 Å². The molecule has 7 nitrogen and oxygen atoms in total. The van der Waals surface area contributed by atoms with Crippen LogP contribution in [0.5, 0.6) is 11.5 Å². The maximum absolute atomic E-state index is 14.0. The van der Waals surface area contributed by atoms with Gasteiger partial charge in [-0.15, -0.1) is 0 Å². The molecule has 0 radical (unpaired) electrons. The summed E-state index contributed by atoms with van der Waals surface area (Å²) < 4.78 is 5.91. The standard InChI is InChI=1S/C36H29NO6/c1-20-16-30(39)33-28(34(20)40)18-27-24(14-15-26-32(27)36(42)37(35(26)41)22-10-6-3-7-11-22)31(33)25-13-12-23(17-29(25)38)43-19-21-8-4-2-5-9-21/h2-14,16-17,26-27,31-32,38H,15,18-19H2,1H3. The van der Waals surface area contributed by atoms with E-state index < -0.39 is 23.7 Å². The van der Waals surface area contributed by atoms with Crippen molar-refractivity contribution in [1.29, 1.82) is 0 Å². The Morgan fingerprint density at radius 3 is 2.33 bits per heavy atom. The number of anilines is 1. The number of aromatic hydroxyl groups is 1. The fourth-order valence-corrected chi connectivity index (χ4v) is 7.17. The number of carbonyl (C=O) groups is 4. The van der Waals surface area contributed by atoms with Gasteiger partial charge in [-0.1, -0.05) is 66.2 Å². The number of ether oxygens (including phenoxy) is 1. The van der Waals surface area contributed by atoms with Crippen LogP contribution in [0.3, 0.4) is 0 Å². The van der Waals surface area contributed by atoms with Gasteiger partial charge in [0.05, 0.1) is 17.5 Å². The minimum absolute atomic E-state index is 0.0719. The first-order valence-corrected chi connectivity index (χ1v) is 14.5. The molecule has 3 aromatic rings. The number of Topliss-reactive ketones (excluding diaryl/α,β-unsaturated/α-hetero) is 1. The molecule has 0 saturated carbocycles. The monoisotopic (exact) mass is 571 g/mol. The molecule has 4 atom stereocenters. The quantitative estimate of drug-likeness (QED) is 0.243. The number of rotatable bonds is 5. The molecule has 1 saturated heterocycles. The highest BCUT2D eigenvalue weighted by molar-refractivity contribution is 6.25. The number of ketones is 2.